The molecule has 154 valence electrons. The monoisotopic (exact) mass is 417 g/mol. The maximum absolute atomic E-state index is 12.8. The molecule has 1 saturated heterocycles. The highest BCUT2D eigenvalue weighted by Crippen LogP contribution is 2.23. The Morgan fingerprint density at radius 2 is 1.89 bits per heavy atom. The molecule has 1 aromatic rings. The maximum atomic E-state index is 12.8. The number of ether oxygens (including phenoxy) is 1. The summed E-state index contributed by atoms with van der Waals surface area (Å²) in [7, 11) is 0. The molecule has 3 unspecified atom stereocenters. The molecule has 0 radical (unpaired) electrons. The Balaban J connectivity index is 0.00000182. The normalized spacial score (nSPS) is 24.2. The summed E-state index contributed by atoms with van der Waals surface area (Å²) in [6, 6.07) is 10.7. The SMILES string of the molecule is Cl.Cl.NC1CCCC(C(=O)NC(Cc2ccccc2)CN2CCOCC2)C1. The van der Waals surface area contributed by atoms with Crippen LogP contribution in [0.25, 0.3) is 0 Å². The van der Waals surface area contributed by atoms with Crippen LogP contribution in [0.5, 0.6) is 0 Å². The summed E-state index contributed by atoms with van der Waals surface area (Å²) in [4.78, 5) is 15.2. The third-order valence-corrected chi connectivity index (χ3v) is 5.34. The molecule has 0 spiro atoms. The zero-order valence-corrected chi connectivity index (χ0v) is 17.5. The van der Waals surface area contributed by atoms with Gasteiger partial charge in [0.1, 0.15) is 0 Å². The number of carbonyl (C=O) groups is 1. The number of benzene rings is 1. The second-order valence-electron chi connectivity index (χ2n) is 7.43. The summed E-state index contributed by atoms with van der Waals surface area (Å²) >= 11 is 0. The van der Waals surface area contributed by atoms with Crippen molar-refractivity contribution in [3.63, 3.8) is 0 Å². The molecule has 27 heavy (non-hydrogen) atoms. The first kappa shape index (κ1) is 24.2. The van der Waals surface area contributed by atoms with Gasteiger partial charge in [-0.25, -0.2) is 0 Å². The molecular formula is C20H33Cl2N3O2. The van der Waals surface area contributed by atoms with Crippen molar-refractivity contribution < 1.29 is 9.53 Å². The highest BCUT2D eigenvalue weighted by molar-refractivity contribution is 5.85. The van der Waals surface area contributed by atoms with E-state index in [4.69, 9.17) is 10.5 Å². The van der Waals surface area contributed by atoms with Gasteiger partial charge in [-0.15, -0.1) is 24.8 Å². The number of nitrogens with two attached hydrogens (primary N) is 1. The fourth-order valence-electron chi connectivity index (χ4n) is 3.94. The first-order chi connectivity index (χ1) is 12.2. The third kappa shape index (κ3) is 7.96. The molecule has 3 atom stereocenters. The minimum atomic E-state index is 0. The van der Waals surface area contributed by atoms with Crippen LogP contribution in [-0.4, -0.2) is 55.7 Å². The molecule has 3 rings (SSSR count). The van der Waals surface area contributed by atoms with Crippen LogP contribution in [0.15, 0.2) is 30.3 Å². The van der Waals surface area contributed by atoms with Gasteiger partial charge < -0.3 is 15.8 Å². The smallest absolute Gasteiger partial charge is 0.223 e. The zero-order chi connectivity index (χ0) is 17.5. The second-order valence-corrected chi connectivity index (χ2v) is 7.43. The fraction of sp³-hybridized carbons (Fsp3) is 0.650. The third-order valence-electron chi connectivity index (χ3n) is 5.34. The lowest BCUT2D eigenvalue weighted by Crippen LogP contribution is -2.50. The number of carbonyl (C=O) groups excluding carboxylic acids is 1. The van der Waals surface area contributed by atoms with E-state index in [1.54, 1.807) is 0 Å². The van der Waals surface area contributed by atoms with Gasteiger partial charge in [0.05, 0.1) is 13.2 Å². The van der Waals surface area contributed by atoms with Crippen LogP contribution in [-0.2, 0) is 16.0 Å². The molecule has 1 amide bonds. The standard InChI is InChI=1S/C20H31N3O2.2ClH/c21-18-8-4-7-17(14-18)20(24)22-19(13-16-5-2-1-3-6-16)15-23-9-11-25-12-10-23;;/h1-3,5-6,17-19H,4,7-15,21H2,(H,22,24);2*1H. The Kier molecular flexibility index (Phi) is 11.3. The van der Waals surface area contributed by atoms with Crippen LogP contribution in [0.1, 0.15) is 31.2 Å². The quantitative estimate of drug-likeness (QED) is 0.745. The van der Waals surface area contributed by atoms with E-state index in [2.05, 4.69) is 34.5 Å². The zero-order valence-electron chi connectivity index (χ0n) is 15.8. The number of rotatable bonds is 6. The van der Waals surface area contributed by atoms with Crippen molar-refractivity contribution in [2.75, 3.05) is 32.8 Å². The van der Waals surface area contributed by atoms with E-state index in [9.17, 15) is 4.79 Å². The summed E-state index contributed by atoms with van der Waals surface area (Å²) in [5, 5.41) is 3.33. The first-order valence-corrected chi connectivity index (χ1v) is 9.60. The number of morpholine rings is 1. The van der Waals surface area contributed by atoms with Crippen LogP contribution in [0.3, 0.4) is 0 Å². The lowest BCUT2D eigenvalue weighted by atomic mass is 9.85. The van der Waals surface area contributed by atoms with Gasteiger partial charge in [0.2, 0.25) is 5.91 Å². The Hall–Kier alpha value is -0.850. The average Bonchev–Trinajstić information content (AvgIpc) is 2.63. The first-order valence-electron chi connectivity index (χ1n) is 9.60. The van der Waals surface area contributed by atoms with Gasteiger partial charge in [-0.1, -0.05) is 36.8 Å². The van der Waals surface area contributed by atoms with E-state index in [-0.39, 0.29) is 48.7 Å². The molecule has 1 aromatic carbocycles. The van der Waals surface area contributed by atoms with Crippen molar-refractivity contribution in [2.24, 2.45) is 11.7 Å². The molecule has 1 aliphatic heterocycles. The summed E-state index contributed by atoms with van der Waals surface area (Å²) in [6.07, 6.45) is 4.76. The molecule has 3 N–H and O–H groups in total. The molecule has 1 saturated carbocycles. The second kappa shape index (κ2) is 12.6. The predicted molar refractivity (Wildman–Crippen MR) is 114 cm³/mol. The number of nitrogens with zero attached hydrogens (tertiary/aromatic N) is 1. The van der Waals surface area contributed by atoms with Gasteiger partial charge in [0.15, 0.2) is 0 Å². The largest absolute Gasteiger partial charge is 0.379 e. The fourth-order valence-corrected chi connectivity index (χ4v) is 3.94. The Morgan fingerprint density at radius 3 is 2.56 bits per heavy atom. The molecule has 1 heterocycles. The van der Waals surface area contributed by atoms with Crippen LogP contribution in [0.2, 0.25) is 0 Å². The Morgan fingerprint density at radius 1 is 1.19 bits per heavy atom. The molecule has 5 nitrogen and oxygen atoms in total. The molecule has 7 heteroatoms. The summed E-state index contributed by atoms with van der Waals surface area (Å²) in [6.45, 7) is 4.32. The van der Waals surface area contributed by atoms with Gasteiger partial charge in [-0.2, -0.15) is 0 Å². The van der Waals surface area contributed by atoms with Crippen molar-refractivity contribution in [3.05, 3.63) is 35.9 Å². The van der Waals surface area contributed by atoms with E-state index in [1.807, 2.05) is 6.07 Å². The Labute approximate surface area is 175 Å². The number of halogens is 2. The van der Waals surface area contributed by atoms with Crippen LogP contribution < -0.4 is 11.1 Å². The van der Waals surface area contributed by atoms with Gasteiger partial charge in [-0.3, -0.25) is 9.69 Å². The van der Waals surface area contributed by atoms with Crippen LogP contribution >= 0.6 is 24.8 Å². The van der Waals surface area contributed by atoms with E-state index in [1.165, 1.54) is 5.56 Å². The average molecular weight is 418 g/mol. The van der Waals surface area contributed by atoms with E-state index < -0.39 is 0 Å². The van der Waals surface area contributed by atoms with Crippen molar-refractivity contribution in [3.8, 4) is 0 Å². The van der Waals surface area contributed by atoms with Crippen molar-refractivity contribution in [2.45, 2.75) is 44.2 Å². The minimum absolute atomic E-state index is 0. The van der Waals surface area contributed by atoms with E-state index in [0.717, 1.165) is 65.0 Å². The van der Waals surface area contributed by atoms with E-state index >= 15 is 0 Å². The highest BCUT2D eigenvalue weighted by atomic mass is 35.5. The summed E-state index contributed by atoms with van der Waals surface area (Å²) < 4.78 is 5.44. The van der Waals surface area contributed by atoms with Crippen molar-refractivity contribution >= 4 is 30.7 Å². The maximum Gasteiger partial charge on any atom is 0.223 e. The van der Waals surface area contributed by atoms with Gasteiger partial charge in [0, 0.05) is 37.6 Å². The number of nitrogens with one attached hydrogen (secondary N) is 1. The topological polar surface area (TPSA) is 67.6 Å². The Bertz CT molecular complexity index is 541. The van der Waals surface area contributed by atoms with Crippen molar-refractivity contribution in [1.82, 2.24) is 10.2 Å². The van der Waals surface area contributed by atoms with Gasteiger partial charge >= 0.3 is 0 Å². The molecule has 1 aliphatic carbocycles. The lowest BCUT2D eigenvalue weighted by Gasteiger charge is -2.32. The molecule has 2 aliphatic rings. The van der Waals surface area contributed by atoms with Gasteiger partial charge in [-0.05, 0) is 31.2 Å². The summed E-state index contributed by atoms with van der Waals surface area (Å²) in [5.74, 6) is 0.260. The highest BCUT2D eigenvalue weighted by Gasteiger charge is 2.27. The minimum Gasteiger partial charge on any atom is -0.379 e. The summed E-state index contributed by atoms with van der Waals surface area (Å²) in [5.41, 5.74) is 7.33. The van der Waals surface area contributed by atoms with Crippen LogP contribution in [0.4, 0.5) is 0 Å². The molecule has 2 fully saturated rings. The van der Waals surface area contributed by atoms with Crippen LogP contribution in [0, 0.1) is 5.92 Å². The number of hydrogen-bond donors (Lipinski definition) is 2. The predicted octanol–water partition coefficient (Wildman–Crippen LogP) is 2.41. The number of amides is 1. The van der Waals surface area contributed by atoms with Crippen molar-refractivity contribution in [1.29, 1.82) is 0 Å². The van der Waals surface area contributed by atoms with Gasteiger partial charge in [0.25, 0.3) is 0 Å². The molecular weight excluding hydrogens is 385 g/mol. The lowest BCUT2D eigenvalue weighted by molar-refractivity contribution is -0.127. The molecule has 0 aromatic heterocycles. The molecule has 0 bridgehead atoms. The number of hydrogen-bond acceptors (Lipinski definition) is 4. The van der Waals surface area contributed by atoms with E-state index in [0.29, 0.717) is 0 Å².